The van der Waals surface area contributed by atoms with Crippen molar-refractivity contribution in [2.75, 3.05) is 26.7 Å². The fraction of sp³-hybridized carbons (Fsp3) is 0.636. The van der Waals surface area contributed by atoms with Gasteiger partial charge in [-0.3, -0.25) is 32.3 Å². The van der Waals surface area contributed by atoms with Gasteiger partial charge in [-0.2, -0.15) is 0 Å². The summed E-state index contributed by atoms with van der Waals surface area (Å²) in [7, 11) is 1.60. The third kappa shape index (κ3) is 11.0. The lowest BCUT2D eigenvalue weighted by molar-refractivity contribution is 0.679. The summed E-state index contributed by atoms with van der Waals surface area (Å²) < 4.78 is 0. The summed E-state index contributed by atoms with van der Waals surface area (Å²) in [4.78, 5) is 0. The predicted octanol–water partition coefficient (Wildman–Crippen LogP) is -1.31. The maximum absolute atomic E-state index is 7.55. The van der Waals surface area contributed by atoms with Gasteiger partial charge in [0, 0.05) is 26.7 Å². The Hall–Kier alpha value is -2.52. The van der Waals surface area contributed by atoms with Crippen molar-refractivity contribution >= 4 is 23.8 Å². The molecule has 0 amide bonds. The van der Waals surface area contributed by atoms with Crippen molar-refractivity contribution in [3.05, 3.63) is 0 Å². The van der Waals surface area contributed by atoms with Crippen LogP contribution in [0.2, 0.25) is 0 Å². The van der Waals surface area contributed by atoms with E-state index in [0.29, 0.717) is 19.6 Å². The number of unbranched alkanes of at least 4 members (excludes halogenated alkanes) is 1. The standard InChI is InChI=1S/C11H26N10/c1-3-17-9(13)21-11(15)19-7-5-4-6-18-10(14)20-8(12)16-2/h3-7H2,1-2H3,(H5,12,14,16,18,20)(H5,13,15,17,19,21). The first-order valence-corrected chi connectivity index (χ1v) is 6.77. The van der Waals surface area contributed by atoms with Crippen LogP contribution in [-0.2, 0) is 0 Å². The van der Waals surface area contributed by atoms with Crippen LogP contribution in [0.4, 0.5) is 0 Å². The minimum absolute atomic E-state index is 0.0665. The van der Waals surface area contributed by atoms with Crippen molar-refractivity contribution < 1.29 is 0 Å². The molecular weight excluding hydrogens is 272 g/mol. The van der Waals surface area contributed by atoms with Crippen molar-refractivity contribution in [2.45, 2.75) is 19.8 Å². The lowest BCUT2D eigenvalue weighted by Crippen LogP contribution is -2.46. The van der Waals surface area contributed by atoms with Crippen LogP contribution in [0.1, 0.15) is 19.8 Å². The van der Waals surface area contributed by atoms with Crippen molar-refractivity contribution in [3.63, 3.8) is 0 Å². The first-order valence-electron chi connectivity index (χ1n) is 6.77. The van der Waals surface area contributed by atoms with E-state index in [0.717, 1.165) is 12.8 Å². The second kappa shape index (κ2) is 11.3. The van der Waals surface area contributed by atoms with E-state index in [1.54, 1.807) is 7.05 Å². The average Bonchev–Trinajstić information content (AvgIpc) is 2.42. The lowest BCUT2D eigenvalue weighted by atomic mass is 10.3. The van der Waals surface area contributed by atoms with Gasteiger partial charge in [0.15, 0.2) is 23.8 Å². The molecule has 10 N–H and O–H groups in total. The Balaban J connectivity index is 3.51. The zero-order valence-electron chi connectivity index (χ0n) is 12.5. The fourth-order valence-corrected chi connectivity index (χ4v) is 1.30. The van der Waals surface area contributed by atoms with Gasteiger partial charge in [-0.05, 0) is 19.8 Å². The average molecular weight is 298 g/mol. The number of hydrogen-bond donors (Lipinski definition) is 10. The number of guanidine groups is 4. The molecule has 0 heterocycles. The van der Waals surface area contributed by atoms with E-state index in [4.69, 9.17) is 21.6 Å². The number of rotatable bonds is 6. The van der Waals surface area contributed by atoms with Gasteiger partial charge in [0.05, 0.1) is 0 Å². The van der Waals surface area contributed by atoms with E-state index in [-0.39, 0.29) is 23.8 Å². The molecule has 10 heteroatoms. The molecule has 0 rings (SSSR count). The third-order valence-electron chi connectivity index (χ3n) is 2.31. The van der Waals surface area contributed by atoms with E-state index in [9.17, 15) is 0 Å². The topological polar surface area (TPSA) is 168 Å². The molecular formula is C11H26N10. The van der Waals surface area contributed by atoms with Crippen molar-refractivity contribution in [3.8, 4) is 0 Å². The molecule has 21 heavy (non-hydrogen) atoms. The van der Waals surface area contributed by atoms with Gasteiger partial charge >= 0.3 is 0 Å². The highest BCUT2D eigenvalue weighted by molar-refractivity contribution is 5.96. The molecule has 0 aliphatic rings. The summed E-state index contributed by atoms with van der Waals surface area (Å²) in [6, 6.07) is 0. The van der Waals surface area contributed by atoms with Gasteiger partial charge in [-0.15, -0.1) is 0 Å². The summed E-state index contributed by atoms with van der Waals surface area (Å²) in [5.41, 5.74) is 0. The summed E-state index contributed by atoms with van der Waals surface area (Å²) in [5.74, 6) is 0.335. The molecule has 0 atom stereocenters. The maximum atomic E-state index is 7.55. The zero-order valence-corrected chi connectivity index (χ0v) is 12.5. The minimum atomic E-state index is 0.0665. The normalized spacial score (nSPS) is 9.24. The molecule has 0 aliphatic heterocycles. The summed E-state index contributed by atoms with van der Waals surface area (Å²) in [6.45, 7) is 3.74. The minimum Gasteiger partial charge on any atom is -0.359 e. The summed E-state index contributed by atoms with van der Waals surface area (Å²) >= 11 is 0. The monoisotopic (exact) mass is 298 g/mol. The van der Waals surface area contributed by atoms with E-state index in [1.807, 2.05) is 6.92 Å². The molecule has 0 radical (unpaired) electrons. The molecule has 10 nitrogen and oxygen atoms in total. The molecule has 0 unspecified atom stereocenters. The summed E-state index contributed by atoms with van der Waals surface area (Å²) in [6.07, 6.45) is 1.64. The molecule has 0 saturated carbocycles. The third-order valence-corrected chi connectivity index (χ3v) is 2.31. The molecule has 0 saturated heterocycles. The molecule has 0 aliphatic carbocycles. The highest BCUT2D eigenvalue weighted by Gasteiger charge is 1.99. The van der Waals surface area contributed by atoms with Crippen LogP contribution in [0.15, 0.2) is 0 Å². The molecule has 0 spiro atoms. The van der Waals surface area contributed by atoms with Crippen LogP contribution in [0.5, 0.6) is 0 Å². The second-order valence-corrected chi connectivity index (χ2v) is 4.09. The van der Waals surface area contributed by atoms with E-state index < -0.39 is 0 Å². The number of nitrogens with one attached hydrogen (secondary N) is 10. The van der Waals surface area contributed by atoms with Gasteiger partial charge in [0.25, 0.3) is 0 Å². The first-order chi connectivity index (χ1) is 9.99. The molecule has 0 aromatic carbocycles. The zero-order chi connectivity index (χ0) is 16.1. The smallest absolute Gasteiger partial charge is 0.195 e. The Bertz CT molecular complexity index is 364. The van der Waals surface area contributed by atoms with Crippen molar-refractivity contribution in [1.29, 1.82) is 21.6 Å². The first kappa shape index (κ1) is 18.5. The SMILES string of the molecule is CCNC(=N)NC(=N)NCCCCNC(=N)NC(=N)NC. The van der Waals surface area contributed by atoms with Crippen LogP contribution >= 0.6 is 0 Å². The van der Waals surface area contributed by atoms with Crippen LogP contribution in [0, 0.1) is 21.6 Å². The van der Waals surface area contributed by atoms with Gasteiger partial charge in [-0.1, -0.05) is 0 Å². The quantitative estimate of drug-likeness (QED) is 0.166. The Morgan fingerprint density at radius 1 is 0.714 bits per heavy atom. The van der Waals surface area contributed by atoms with Gasteiger partial charge < -0.3 is 21.3 Å². The van der Waals surface area contributed by atoms with Crippen LogP contribution in [0.25, 0.3) is 0 Å². The molecule has 0 aromatic heterocycles. The van der Waals surface area contributed by atoms with Crippen LogP contribution < -0.4 is 31.9 Å². The van der Waals surface area contributed by atoms with E-state index >= 15 is 0 Å². The van der Waals surface area contributed by atoms with E-state index in [2.05, 4.69) is 31.9 Å². The van der Waals surface area contributed by atoms with Crippen molar-refractivity contribution in [2.24, 2.45) is 0 Å². The predicted molar refractivity (Wildman–Crippen MR) is 85.2 cm³/mol. The Morgan fingerprint density at radius 3 is 1.57 bits per heavy atom. The van der Waals surface area contributed by atoms with Gasteiger partial charge in [-0.25, -0.2) is 0 Å². The summed E-state index contributed by atoms with van der Waals surface area (Å²) in [5, 5.41) is 45.8. The van der Waals surface area contributed by atoms with Crippen molar-refractivity contribution in [1.82, 2.24) is 31.9 Å². The molecule has 120 valence electrons. The fourth-order valence-electron chi connectivity index (χ4n) is 1.30. The lowest BCUT2D eigenvalue weighted by Gasteiger charge is -2.12. The Labute approximate surface area is 124 Å². The highest BCUT2D eigenvalue weighted by Crippen LogP contribution is 1.84. The van der Waals surface area contributed by atoms with E-state index in [1.165, 1.54) is 0 Å². The molecule has 0 bridgehead atoms. The van der Waals surface area contributed by atoms with Gasteiger partial charge in [0.2, 0.25) is 0 Å². The molecule has 0 fully saturated rings. The second-order valence-electron chi connectivity index (χ2n) is 4.09. The highest BCUT2D eigenvalue weighted by atomic mass is 15.2. The Morgan fingerprint density at radius 2 is 1.14 bits per heavy atom. The van der Waals surface area contributed by atoms with Crippen LogP contribution in [0.3, 0.4) is 0 Å². The maximum Gasteiger partial charge on any atom is 0.195 e. The van der Waals surface area contributed by atoms with Gasteiger partial charge in [0.1, 0.15) is 0 Å². The molecule has 0 aromatic rings. The number of hydrogen-bond acceptors (Lipinski definition) is 4. The largest absolute Gasteiger partial charge is 0.359 e. The Kier molecular flexibility index (Phi) is 9.96. The van der Waals surface area contributed by atoms with Crippen LogP contribution in [-0.4, -0.2) is 50.5 Å².